The van der Waals surface area contributed by atoms with Gasteiger partial charge in [0.2, 0.25) is 24.0 Å². The molecule has 4 heterocycles. The molecule has 0 unspecified atom stereocenters. The Morgan fingerprint density at radius 2 is 1.38 bits per heavy atom. The normalized spacial score (nSPS) is 19.0. The molecule has 0 radical (unpaired) electrons. The number of quaternary nitrogens is 2. The van der Waals surface area contributed by atoms with Crippen LogP contribution in [0.5, 0.6) is 5.75 Å². The lowest BCUT2D eigenvalue weighted by atomic mass is 9.91. The number of unbranched alkanes of at least 4 members (excludes halogenated alkanes) is 1. The largest absolute Gasteiger partial charge is 0.542 e. The van der Waals surface area contributed by atoms with E-state index in [1.807, 2.05) is 58.3 Å². The summed E-state index contributed by atoms with van der Waals surface area (Å²) in [6, 6.07) is 14.7. The molecule has 0 aliphatic carbocycles. The maximum atomic E-state index is 13.3. The second-order valence-electron chi connectivity index (χ2n) is 19.1. The molecule has 484 valence electrons. The molecule has 3 aliphatic heterocycles. The third-order valence-corrected chi connectivity index (χ3v) is 12.6. The summed E-state index contributed by atoms with van der Waals surface area (Å²) in [5.74, 6) is -11.2. The first-order valence-corrected chi connectivity index (χ1v) is 26.1. The minimum atomic E-state index is -5.19. The molecule has 0 spiro atoms. The van der Waals surface area contributed by atoms with Crippen molar-refractivity contribution in [3.05, 3.63) is 102 Å². The average Bonchev–Trinajstić information content (AvgIpc) is 1.52. The number of pyridine rings is 1. The van der Waals surface area contributed by atoms with Gasteiger partial charge in [0.05, 0.1) is 12.3 Å². The number of imide groups is 1. The quantitative estimate of drug-likeness (QED) is 0.0170. The fraction of sp³-hybridized carbons (Fsp3) is 0.434. The number of benzene rings is 2. The summed E-state index contributed by atoms with van der Waals surface area (Å²) < 4.78 is 108. The first kappa shape index (κ1) is 73.6. The van der Waals surface area contributed by atoms with Crippen molar-refractivity contribution >= 4 is 70.8 Å². The third-order valence-electron chi connectivity index (χ3n) is 12.6. The van der Waals surface area contributed by atoms with Crippen LogP contribution in [0.4, 0.5) is 50.9 Å². The van der Waals surface area contributed by atoms with Gasteiger partial charge in [-0.3, -0.25) is 33.7 Å². The SMILES string of the molecule is O=C([O-])C(F)(F)F.O=C([O-])C(F)(F)F.O=C([O-])C(F)(F)F.[NH3+]C[C@@H](C(=O)NCCC(=O)Nc1cc(C[n+]2cccc(/C=C/C(=O)NCCCCC3CCN(C(=O)c4cccc([NH3+])c4)CC3)c2)ccc1O[C@H]1O[C@H](CO)[C@@H](O)[C@H](O)[C@@H]1O)N1C(=O)C=CC1=O. The molecule has 0 bridgehead atoms. The average molecular weight is 1270 g/mol. The second kappa shape index (κ2) is 34.1. The van der Waals surface area contributed by atoms with Crippen molar-refractivity contribution < 1.29 is 144 Å². The first-order valence-electron chi connectivity index (χ1n) is 26.1. The van der Waals surface area contributed by atoms with E-state index in [1.165, 1.54) is 12.1 Å². The number of carboxylic acid groups (broad SMARTS) is 3. The lowest BCUT2D eigenvalue weighted by molar-refractivity contribution is -0.688. The summed E-state index contributed by atoms with van der Waals surface area (Å²) in [5, 5.41) is 75.5. The monoisotopic (exact) mass is 1270 g/mol. The number of piperidine rings is 1. The second-order valence-corrected chi connectivity index (χ2v) is 19.1. The Morgan fingerprint density at radius 1 is 0.784 bits per heavy atom. The Morgan fingerprint density at radius 3 is 1.92 bits per heavy atom. The minimum absolute atomic E-state index is 0.0136. The van der Waals surface area contributed by atoms with Crippen LogP contribution in [0.15, 0.2) is 85.2 Å². The van der Waals surface area contributed by atoms with Crippen LogP contribution in [0.1, 0.15) is 60.0 Å². The van der Waals surface area contributed by atoms with Gasteiger partial charge in [0.15, 0.2) is 25.0 Å². The van der Waals surface area contributed by atoms with E-state index in [9.17, 15) is 88.7 Å². The minimum Gasteiger partial charge on any atom is -0.542 e. The van der Waals surface area contributed by atoms with Crippen molar-refractivity contribution in [1.29, 1.82) is 0 Å². The summed E-state index contributed by atoms with van der Waals surface area (Å²) >= 11 is 0. The van der Waals surface area contributed by atoms with E-state index in [4.69, 9.17) is 39.2 Å². The van der Waals surface area contributed by atoms with E-state index in [-0.39, 0.29) is 42.8 Å². The fourth-order valence-electron chi connectivity index (χ4n) is 8.15. The zero-order valence-corrected chi connectivity index (χ0v) is 46.1. The highest BCUT2D eigenvalue weighted by molar-refractivity contribution is 6.15. The molecule has 1 aromatic heterocycles. The number of hydrogen-bond donors (Lipinski definition) is 9. The lowest BCUT2D eigenvalue weighted by Crippen LogP contribution is -2.65. The highest BCUT2D eigenvalue weighted by atomic mass is 19.4. The van der Waals surface area contributed by atoms with Crippen molar-refractivity contribution in [1.82, 2.24) is 20.4 Å². The van der Waals surface area contributed by atoms with Gasteiger partial charge in [0, 0.05) is 79.7 Å². The van der Waals surface area contributed by atoms with Gasteiger partial charge in [-0.15, -0.1) is 0 Å². The van der Waals surface area contributed by atoms with Crippen LogP contribution in [0.25, 0.3) is 6.08 Å². The zero-order chi connectivity index (χ0) is 66.3. The van der Waals surface area contributed by atoms with E-state index < -0.39 is 103 Å². The van der Waals surface area contributed by atoms with Crippen LogP contribution in [-0.2, 0) is 49.6 Å². The summed E-state index contributed by atoms with van der Waals surface area (Å²) in [4.78, 5) is 105. The molecule has 26 nitrogen and oxygen atoms in total. The van der Waals surface area contributed by atoms with Crippen molar-refractivity contribution in [3.8, 4) is 5.75 Å². The number of halogens is 9. The molecule has 2 aromatic carbocycles. The number of nitrogens with one attached hydrogen (secondary N) is 3. The van der Waals surface area contributed by atoms with Gasteiger partial charge in [0.25, 0.3) is 17.7 Å². The molecule has 6 atom stereocenters. The number of alkyl halides is 9. The number of rotatable bonds is 20. The fourth-order valence-corrected chi connectivity index (χ4v) is 8.15. The van der Waals surface area contributed by atoms with Crippen LogP contribution in [0, 0.1) is 5.92 Å². The smallest absolute Gasteiger partial charge is 0.430 e. The Kier molecular flexibility index (Phi) is 28.5. The van der Waals surface area contributed by atoms with Gasteiger partial charge in [-0.2, -0.15) is 39.5 Å². The van der Waals surface area contributed by atoms with Gasteiger partial charge >= 0.3 is 18.5 Å². The number of hydrogen-bond acceptors (Lipinski definition) is 18. The van der Waals surface area contributed by atoms with E-state index in [1.54, 1.807) is 18.2 Å². The van der Waals surface area contributed by atoms with Crippen LogP contribution < -0.4 is 52.0 Å². The number of carbonyl (C=O) groups is 9. The molecular formula is C53H61F9N8O18. The van der Waals surface area contributed by atoms with Gasteiger partial charge in [-0.05, 0) is 67.7 Å². The number of nitrogens with zero attached hydrogens (tertiary/aromatic N) is 3. The van der Waals surface area contributed by atoms with E-state index in [0.717, 1.165) is 73.5 Å². The number of aliphatic hydroxyl groups excluding tert-OH is 4. The van der Waals surface area contributed by atoms with E-state index in [0.29, 0.717) is 30.1 Å². The highest BCUT2D eigenvalue weighted by Gasteiger charge is 2.45. The van der Waals surface area contributed by atoms with Gasteiger partial charge in [-0.25, -0.2) is 4.57 Å². The number of carbonyl (C=O) groups excluding carboxylic acids is 9. The van der Waals surface area contributed by atoms with Crippen LogP contribution in [0.3, 0.4) is 0 Å². The van der Waals surface area contributed by atoms with Crippen molar-refractivity contribution in [2.75, 3.05) is 44.6 Å². The highest BCUT2D eigenvalue weighted by Crippen LogP contribution is 2.31. The molecule has 6 amide bonds. The topological polar surface area (TPSA) is 424 Å². The zero-order valence-electron chi connectivity index (χ0n) is 46.1. The summed E-state index contributed by atoms with van der Waals surface area (Å²) in [5.41, 5.74) is 10.6. The molecule has 3 aromatic rings. The number of carboxylic acids is 3. The van der Waals surface area contributed by atoms with Crippen LogP contribution >= 0.6 is 0 Å². The number of ether oxygens (including phenoxy) is 2. The van der Waals surface area contributed by atoms with Crippen LogP contribution in [-0.4, -0.2) is 178 Å². The predicted octanol–water partition coefficient (Wildman–Crippen LogP) is -4.20. The Labute approximate surface area is 492 Å². The molecule has 88 heavy (non-hydrogen) atoms. The van der Waals surface area contributed by atoms with E-state index in [2.05, 4.69) is 27.4 Å². The Bertz CT molecular complexity index is 2900. The van der Waals surface area contributed by atoms with Crippen molar-refractivity contribution in [2.45, 2.75) is 100 Å². The molecule has 2 saturated heterocycles. The maximum Gasteiger partial charge on any atom is 0.430 e. The number of aliphatic carboxylic acids is 3. The van der Waals surface area contributed by atoms with Crippen molar-refractivity contribution in [3.63, 3.8) is 0 Å². The number of anilines is 1. The Hall–Kier alpha value is -8.61. The number of aliphatic hydroxyl groups is 4. The molecule has 3 aliphatic rings. The first-order chi connectivity index (χ1) is 41.1. The van der Waals surface area contributed by atoms with Crippen molar-refractivity contribution in [2.24, 2.45) is 5.92 Å². The third kappa shape index (κ3) is 24.3. The van der Waals surface area contributed by atoms with Gasteiger partial charge < -0.3 is 91.9 Å². The predicted molar refractivity (Wildman–Crippen MR) is 272 cm³/mol. The molecule has 6 rings (SSSR count). The summed E-state index contributed by atoms with van der Waals surface area (Å²) in [7, 11) is 0. The number of amides is 6. The Balaban J connectivity index is 0.000000821. The summed E-state index contributed by atoms with van der Waals surface area (Å²) in [6.45, 7) is 1.37. The summed E-state index contributed by atoms with van der Waals surface area (Å²) in [6.07, 6.45) is -9.95. The maximum absolute atomic E-state index is 13.3. The van der Waals surface area contributed by atoms with E-state index >= 15 is 0 Å². The van der Waals surface area contributed by atoms with Gasteiger partial charge in [0.1, 0.15) is 60.3 Å². The number of aromatic nitrogens is 1. The number of likely N-dealkylation sites (tertiary alicyclic amines) is 1. The lowest BCUT2D eigenvalue weighted by Gasteiger charge is -2.39. The molecule has 35 heteroatoms. The van der Waals surface area contributed by atoms with Crippen LogP contribution in [0.2, 0.25) is 0 Å². The standard InChI is InChI=1S/C47H58N8O12.3C2HF3O2/c48-25-35(55-40(59)13-14-41(55)60)45(64)51-19-15-39(58)52-34-23-31(9-11-36(34)66-47-44(63)43(62)42(61)37(28-56)67-47)27-53-20-4-6-30(26-53)10-12-38(57)50-18-2-1-5-29-16-21-54(22-17-29)46(65)32-7-3-8-33(49)24-32;3*3-2(4,5)1(6)7/h3-4,6-14,20,23-24,26,29,35,37,42-44,47,56,61-63H,1-2,5,15-19,21-22,25,27-28,48-49H2,(H2-,50,51,52,57,58,64);3*(H,6,7)/b12-10+;;;/t35-,37+,42+,43-,44-,47-;;;/m0.../s1. The molecule has 13 N–H and O–H groups in total. The molecule has 2 fully saturated rings. The molecule has 0 saturated carbocycles. The molecular weight excluding hydrogens is 1210 g/mol. The van der Waals surface area contributed by atoms with Gasteiger partial charge in [-0.1, -0.05) is 18.9 Å².